The number of benzene rings is 2. The molecule has 7 heteroatoms. The van der Waals surface area contributed by atoms with Crippen LogP contribution in [0.3, 0.4) is 0 Å². The Morgan fingerprint density at radius 2 is 1.69 bits per heavy atom. The summed E-state index contributed by atoms with van der Waals surface area (Å²) in [7, 11) is 0. The first kappa shape index (κ1) is 19.3. The Labute approximate surface area is 168 Å². The normalized spacial score (nSPS) is 16.4. The fraction of sp³-hybridized carbons (Fsp3) is 0.316. The Kier molecular flexibility index (Phi) is 6.30. The maximum absolute atomic E-state index is 12.6. The summed E-state index contributed by atoms with van der Waals surface area (Å²) in [5, 5.41) is 4.61. The molecule has 26 heavy (non-hydrogen) atoms. The summed E-state index contributed by atoms with van der Waals surface area (Å²) in [6.45, 7) is 5.12. The molecule has 138 valence electrons. The predicted octanol–water partition coefficient (Wildman–Crippen LogP) is 4.80. The van der Waals surface area contributed by atoms with Gasteiger partial charge in [0.2, 0.25) is 5.91 Å². The lowest BCUT2D eigenvalue weighted by Gasteiger charge is -2.38. The number of para-hydroxylation sites is 1. The number of carbonyl (C=O) groups is 1. The average molecular weight is 413 g/mol. The molecule has 1 amide bonds. The number of piperazine rings is 1. The van der Waals surface area contributed by atoms with Crippen molar-refractivity contribution in [3.63, 3.8) is 0 Å². The van der Waals surface area contributed by atoms with Crippen molar-refractivity contribution >= 4 is 52.1 Å². The van der Waals surface area contributed by atoms with Gasteiger partial charge < -0.3 is 10.2 Å². The molecule has 3 rings (SSSR count). The van der Waals surface area contributed by atoms with E-state index >= 15 is 0 Å². The predicted molar refractivity (Wildman–Crippen MR) is 110 cm³/mol. The average Bonchev–Trinajstić information content (AvgIpc) is 2.64. The van der Waals surface area contributed by atoms with Crippen molar-refractivity contribution in [3.05, 3.63) is 57.5 Å². The fourth-order valence-electron chi connectivity index (χ4n) is 3.05. The van der Waals surface area contributed by atoms with Gasteiger partial charge in [-0.1, -0.05) is 46.9 Å². The summed E-state index contributed by atoms with van der Waals surface area (Å²) in [5.41, 5.74) is 1.61. The highest BCUT2D eigenvalue weighted by Crippen LogP contribution is 2.27. The zero-order valence-electron chi connectivity index (χ0n) is 14.4. The summed E-state index contributed by atoms with van der Waals surface area (Å²) in [6, 6.07) is 12.6. The highest BCUT2D eigenvalue weighted by atomic mass is 35.5. The van der Waals surface area contributed by atoms with Gasteiger partial charge in [-0.3, -0.25) is 9.69 Å². The molecule has 1 aliphatic rings. The van der Waals surface area contributed by atoms with Crippen LogP contribution in [0.4, 0.5) is 11.4 Å². The van der Waals surface area contributed by atoms with Crippen LogP contribution in [0.25, 0.3) is 0 Å². The second kappa shape index (κ2) is 8.49. The summed E-state index contributed by atoms with van der Waals surface area (Å²) in [4.78, 5) is 17.0. The van der Waals surface area contributed by atoms with Crippen LogP contribution in [-0.4, -0.2) is 43.0 Å². The largest absolute Gasteiger partial charge is 0.368 e. The van der Waals surface area contributed by atoms with Crippen LogP contribution in [0, 0.1) is 0 Å². The summed E-state index contributed by atoms with van der Waals surface area (Å²) < 4.78 is 0. The Bertz CT molecular complexity index is 791. The number of nitrogens with zero attached hydrogens (tertiary/aromatic N) is 2. The fourth-order valence-corrected chi connectivity index (χ4v) is 3.76. The van der Waals surface area contributed by atoms with E-state index in [1.165, 1.54) is 0 Å². The van der Waals surface area contributed by atoms with Gasteiger partial charge in [0, 0.05) is 31.2 Å². The molecule has 0 bridgehead atoms. The first-order valence-corrected chi connectivity index (χ1v) is 9.58. The molecule has 0 spiro atoms. The number of rotatable bonds is 4. The molecule has 0 aliphatic carbocycles. The molecule has 1 aliphatic heterocycles. The number of carbonyl (C=O) groups excluding carboxylic acids is 1. The maximum Gasteiger partial charge on any atom is 0.241 e. The standard InChI is InChI=1S/C19H20Cl3N3O/c1-13(19(26)23-17-7-6-14(20)12-16(17)22)24-8-10-25(11-9-24)18-5-3-2-4-15(18)21/h2-7,12-13H,8-11H2,1H3,(H,23,26). The Balaban J connectivity index is 1.58. The van der Waals surface area contributed by atoms with Gasteiger partial charge in [-0.15, -0.1) is 0 Å². The first-order valence-electron chi connectivity index (χ1n) is 8.45. The van der Waals surface area contributed by atoms with Crippen molar-refractivity contribution in [3.8, 4) is 0 Å². The van der Waals surface area contributed by atoms with Gasteiger partial charge in [-0.25, -0.2) is 0 Å². The second-order valence-corrected chi connectivity index (χ2v) is 7.51. The molecule has 4 nitrogen and oxygen atoms in total. The third-order valence-corrected chi connectivity index (χ3v) is 5.49. The number of halogens is 3. The quantitative estimate of drug-likeness (QED) is 0.784. The molecular formula is C19H20Cl3N3O. The van der Waals surface area contributed by atoms with E-state index in [0.29, 0.717) is 15.7 Å². The van der Waals surface area contributed by atoms with E-state index in [0.717, 1.165) is 36.9 Å². The Hall–Kier alpha value is -1.46. The van der Waals surface area contributed by atoms with E-state index in [4.69, 9.17) is 34.8 Å². The van der Waals surface area contributed by atoms with E-state index < -0.39 is 0 Å². The number of hydrogen-bond acceptors (Lipinski definition) is 3. The molecule has 1 atom stereocenters. The summed E-state index contributed by atoms with van der Waals surface area (Å²) >= 11 is 18.3. The van der Waals surface area contributed by atoms with Crippen molar-refractivity contribution < 1.29 is 4.79 Å². The van der Waals surface area contributed by atoms with Crippen LogP contribution in [0.1, 0.15) is 6.92 Å². The van der Waals surface area contributed by atoms with E-state index in [-0.39, 0.29) is 11.9 Å². The maximum atomic E-state index is 12.6. The van der Waals surface area contributed by atoms with Crippen LogP contribution in [-0.2, 0) is 4.79 Å². The molecule has 2 aromatic rings. The SMILES string of the molecule is CC(C(=O)Nc1ccc(Cl)cc1Cl)N1CCN(c2ccccc2Cl)CC1. The topological polar surface area (TPSA) is 35.6 Å². The lowest BCUT2D eigenvalue weighted by atomic mass is 10.2. The lowest BCUT2D eigenvalue weighted by Crippen LogP contribution is -2.52. The molecule has 0 radical (unpaired) electrons. The highest BCUT2D eigenvalue weighted by molar-refractivity contribution is 6.36. The van der Waals surface area contributed by atoms with E-state index in [9.17, 15) is 4.79 Å². The first-order chi connectivity index (χ1) is 12.5. The van der Waals surface area contributed by atoms with Crippen molar-refractivity contribution in [2.75, 3.05) is 36.4 Å². The minimum atomic E-state index is -0.254. The van der Waals surface area contributed by atoms with Crippen molar-refractivity contribution in [2.24, 2.45) is 0 Å². The zero-order chi connectivity index (χ0) is 18.7. The summed E-state index contributed by atoms with van der Waals surface area (Å²) in [6.07, 6.45) is 0. The van der Waals surface area contributed by atoms with Gasteiger partial charge in [0.1, 0.15) is 0 Å². The smallest absolute Gasteiger partial charge is 0.241 e. The zero-order valence-corrected chi connectivity index (χ0v) is 16.7. The van der Waals surface area contributed by atoms with Gasteiger partial charge in [-0.05, 0) is 37.3 Å². The minimum Gasteiger partial charge on any atom is -0.368 e. The number of anilines is 2. The second-order valence-electron chi connectivity index (χ2n) is 6.26. The van der Waals surface area contributed by atoms with Gasteiger partial charge in [0.15, 0.2) is 0 Å². The molecule has 0 saturated carbocycles. The van der Waals surface area contributed by atoms with Gasteiger partial charge >= 0.3 is 0 Å². The molecule has 1 fully saturated rings. The molecule has 1 N–H and O–H groups in total. The third kappa shape index (κ3) is 4.44. The number of hydrogen-bond donors (Lipinski definition) is 1. The Morgan fingerprint density at radius 3 is 2.35 bits per heavy atom. The van der Waals surface area contributed by atoms with Crippen molar-refractivity contribution in [1.29, 1.82) is 0 Å². The molecule has 1 unspecified atom stereocenters. The summed E-state index contributed by atoms with van der Waals surface area (Å²) in [5.74, 6) is -0.0829. The van der Waals surface area contributed by atoms with Gasteiger partial charge in [0.05, 0.1) is 27.5 Å². The molecule has 1 saturated heterocycles. The minimum absolute atomic E-state index is 0.0829. The van der Waals surface area contributed by atoms with Crippen LogP contribution in [0.5, 0.6) is 0 Å². The van der Waals surface area contributed by atoms with E-state index in [1.807, 2.05) is 31.2 Å². The van der Waals surface area contributed by atoms with Crippen molar-refractivity contribution in [1.82, 2.24) is 4.90 Å². The van der Waals surface area contributed by atoms with Gasteiger partial charge in [-0.2, -0.15) is 0 Å². The van der Waals surface area contributed by atoms with Crippen LogP contribution in [0.15, 0.2) is 42.5 Å². The van der Waals surface area contributed by atoms with Crippen LogP contribution < -0.4 is 10.2 Å². The number of nitrogens with one attached hydrogen (secondary N) is 1. The molecule has 0 aromatic heterocycles. The molecule has 1 heterocycles. The highest BCUT2D eigenvalue weighted by Gasteiger charge is 2.26. The van der Waals surface area contributed by atoms with Gasteiger partial charge in [0.25, 0.3) is 0 Å². The van der Waals surface area contributed by atoms with Crippen molar-refractivity contribution in [2.45, 2.75) is 13.0 Å². The van der Waals surface area contributed by atoms with E-state index in [1.54, 1.807) is 18.2 Å². The Morgan fingerprint density at radius 1 is 1.00 bits per heavy atom. The monoisotopic (exact) mass is 411 g/mol. The lowest BCUT2D eigenvalue weighted by molar-refractivity contribution is -0.120. The molecule has 2 aromatic carbocycles. The van der Waals surface area contributed by atoms with E-state index in [2.05, 4.69) is 15.1 Å². The van der Waals surface area contributed by atoms with Crippen LogP contribution in [0.2, 0.25) is 15.1 Å². The number of amides is 1. The molecular weight excluding hydrogens is 393 g/mol. The third-order valence-electron chi connectivity index (χ3n) is 4.62. The van der Waals surface area contributed by atoms with Crippen LogP contribution >= 0.6 is 34.8 Å².